The van der Waals surface area contributed by atoms with Crippen LogP contribution in [0.3, 0.4) is 0 Å². The maximum atomic E-state index is 11.3. The molecule has 2 unspecified atom stereocenters. The third-order valence-electron chi connectivity index (χ3n) is 3.62. The summed E-state index contributed by atoms with van der Waals surface area (Å²) in [5.74, 6) is 1.40. The smallest absolute Gasteiger partial charge is 0.159 e. The van der Waals surface area contributed by atoms with Crippen LogP contribution in [0.4, 0.5) is 0 Å². The van der Waals surface area contributed by atoms with E-state index in [1.54, 1.807) is 6.92 Å². The standard InChI is InChI=1S/C14H19NO/c1-10(14-6-7-15-9-14)12-4-3-5-13(8-12)11(2)16/h3-5,8,10,14-15H,6-7,9H2,1-2H3. The minimum Gasteiger partial charge on any atom is -0.316 e. The molecule has 0 aromatic heterocycles. The van der Waals surface area contributed by atoms with E-state index in [1.807, 2.05) is 18.2 Å². The number of nitrogens with one attached hydrogen (secondary N) is 1. The van der Waals surface area contributed by atoms with E-state index in [0.717, 1.165) is 18.7 Å². The lowest BCUT2D eigenvalue weighted by Crippen LogP contribution is -2.14. The normalized spacial score (nSPS) is 22.0. The number of Topliss-reactive ketones (excluding diaryl/α,β-unsaturated/α-hetero) is 1. The molecular weight excluding hydrogens is 198 g/mol. The summed E-state index contributed by atoms with van der Waals surface area (Å²) < 4.78 is 0. The highest BCUT2D eigenvalue weighted by Gasteiger charge is 2.22. The number of hydrogen-bond acceptors (Lipinski definition) is 2. The van der Waals surface area contributed by atoms with Crippen LogP contribution in [0.1, 0.15) is 42.1 Å². The molecule has 0 bridgehead atoms. The summed E-state index contributed by atoms with van der Waals surface area (Å²) in [5, 5.41) is 3.39. The van der Waals surface area contributed by atoms with Crippen molar-refractivity contribution in [2.24, 2.45) is 5.92 Å². The lowest BCUT2D eigenvalue weighted by atomic mass is 9.86. The Bertz CT molecular complexity index is 380. The van der Waals surface area contributed by atoms with Gasteiger partial charge in [0.2, 0.25) is 0 Å². The van der Waals surface area contributed by atoms with Gasteiger partial charge < -0.3 is 5.32 Å². The van der Waals surface area contributed by atoms with Gasteiger partial charge in [-0.15, -0.1) is 0 Å². The molecule has 16 heavy (non-hydrogen) atoms. The van der Waals surface area contributed by atoms with Crippen molar-refractivity contribution in [2.45, 2.75) is 26.2 Å². The van der Waals surface area contributed by atoms with Crippen LogP contribution in [0.2, 0.25) is 0 Å². The van der Waals surface area contributed by atoms with E-state index >= 15 is 0 Å². The van der Waals surface area contributed by atoms with Crippen molar-refractivity contribution >= 4 is 5.78 Å². The van der Waals surface area contributed by atoms with Crippen molar-refractivity contribution in [3.63, 3.8) is 0 Å². The molecule has 1 heterocycles. The van der Waals surface area contributed by atoms with Gasteiger partial charge in [0.15, 0.2) is 5.78 Å². The van der Waals surface area contributed by atoms with Gasteiger partial charge in [0.25, 0.3) is 0 Å². The Labute approximate surface area is 97.1 Å². The Morgan fingerprint density at radius 1 is 1.50 bits per heavy atom. The minimum absolute atomic E-state index is 0.151. The predicted octanol–water partition coefficient (Wildman–Crippen LogP) is 2.60. The van der Waals surface area contributed by atoms with Crippen LogP contribution >= 0.6 is 0 Å². The summed E-state index contributed by atoms with van der Waals surface area (Å²) in [6.07, 6.45) is 1.24. The topological polar surface area (TPSA) is 29.1 Å². The summed E-state index contributed by atoms with van der Waals surface area (Å²) in [5.41, 5.74) is 2.12. The lowest BCUT2D eigenvalue weighted by Gasteiger charge is -2.19. The van der Waals surface area contributed by atoms with Crippen LogP contribution in [0.15, 0.2) is 24.3 Å². The van der Waals surface area contributed by atoms with Crippen LogP contribution in [0.5, 0.6) is 0 Å². The molecule has 2 atom stereocenters. The third-order valence-corrected chi connectivity index (χ3v) is 3.62. The number of carbonyl (C=O) groups excluding carboxylic acids is 1. The van der Waals surface area contributed by atoms with E-state index in [0.29, 0.717) is 11.8 Å². The van der Waals surface area contributed by atoms with Crippen molar-refractivity contribution in [1.29, 1.82) is 0 Å². The maximum absolute atomic E-state index is 11.3. The van der Waals surface area contributed by atoms with Gasteiger partial charge in [-0.05, 0) is 49.9 Å². The molecular formula is C14H19NO. The fraction of sp³-hybridized carbons (Fsp3) is 0.500. The number of hydrogen-bond donors (Lipinski definition) is 1. The second kappa shape index (κ2) is 4.79. The van der Waals surface area contributed by atoms with E-state index in [4.69, 9.17) is 0 Å². The first kappa shape index (κ1) is 11.3. The zero-order chi connectivity index (χ0) is 11.5. The van der Waals surface area contributed by atoms with Gasteiger partial charge in [0.1, 0.15) is 0 Å². The van der Waals surface area contributed by atoms with Crippen molar-refractivity contribution in [1.82, 2.24) is 5.32 Å². The SMILES string of the molecule is CC(=O)c1cccc(C(C)C2CCNC2)c1. The fourth-order valence-electron chi connectivity index (χ4n) is 2.42. The second-order valence-corrected chi connectivity index (χ2v) is 4.72. The Kier molecular flexibility index (Phi) is 3.39. The van der Waals surface area contributed by atoms with Crippen LogP contribution in [0, 0.1) is 5.92 Å². The molecule has 86 valence electrons. The van der Waals surface area contributed by atoms with Crippen molar-refractivity contribution in [3.8, 4) is 0 Å². The Morgan fingerprint density at radius 3 is 2.94 bits per heavy atom. The number of carbonyl (C=O) groups is 1. The maximum Gasteiger partial charge on any atom is 0.159 e. The summed E-state index contributed by atoms with van der Waals surface area (Å²) >= 11 is 0. The monoisotopic (exact) mass is 217 g/mol. The molecule has 2 nitrogen and oxygen atoms in total. The van der Waals surface area contributed by atoms with E-state index in [9.17, 15) is 4.79 Å². The highest BCUT2D eigenvalue weighted by atomic mass is 16.1. The molecule has 1 aliphatic rings. The van der Waals surface area contributed by atoms with E-state index in [-0.39, 0.29) is 5.78 Å². The molecule has 0 spiro atoms. The zero-order valence-corrected chi connectivity index (χ0v) is 9.99. The molecule has 0 radical (unpaired) electrons. The molecule has 1 saturated heterocycles. The molecule has 0 saturated carbocycles. The quantitative estimate of drug-likeness (QED) is 0.788. The largest absolute Gasteiger partial charge is 0.316 e. The molecule has 1 aliphatic heterocycles. The number of benzene rings is 1. The number of ketones is 1. The predicted molar refractivity (Wildman–Crippen MR) is 65.8 cm³/mol. The first-order chi connectivity index (χ1) is 7.68. The first-order valence-corrected chi connectivity index (χ1v) is 6.00. The van der Waals surface area contributed by atoms with E-state index in [1.165, 1.54) is 12.0 Å². The fourth-order valence-corrected chi connectivity index (χ4v) is 2.42. The molecule has 1 N–H and O–H groups in total. The van der Waals surface area contributed by atoms with Crippen LogP contribution in [-0.2, 0) is 0 Å². The molecule has 2 rings (SSSR count). The van der Waals surface area contributed by atoms with Crippen molar-refractivity contribution in [2.75, 3.05) is 13.1 Å². The summed E-state index contributed by atoms with van der Waals surface area (Å²) in [6.45, 7) is 6.12. The molecule has 2 heteroatoms. The van der Waals surface area contributed by atoms with Gasteiger partial charge in [-0.25, -0.2) is 0 Å². The van der Waals surface area contributed by atoms with Gasteiger partial charge in [0, 0.05) is 5.56 Å². The zero-order valence-electron chi connectivity index (χ0n) is 9.99. The summed E-state index contributed by atoms with van der Waals surface area (Å²) in [7, 11) is 0. The average Bonchev–Trinajstić information content (AvgIpc) is 2.81. The Morgan fingerprint density at radius 2 is 2.31 bits per heavy atom. The number of rotatable bonds is 3. The lowest BCUT2D eigenvalue weighted by molar-refractivity contribution is 0.101. The molecule has 1 aromatic rings. The van der Waals surface area contributed by atoms with E-state index < -0.39 is 0 Å². The average molecular weight is 217 g/mol. The van der Waals surface area contributed by atoms with Crippen molar-refractivity contribution in [3.05, 3.63) is 35.4 Å². The van der Waals surface area contributed by atoms with Crippen LogP contribution < -0.4 is 5.32 Å². The van der Waals surface area contributed by atoms with Gasteiger partial charge in [-0.2, -0.15) is 0 Å². The molecule has 1 fully saturated rings. The van der Waals surface area contributed by atoms with E-state index in [2.05, 4.69) is 18.3 Å². The van der Waals surface area contributed by atoms with Gasteiger partial charge in [-0.3, -0.25) is 4.79 Å². The minimum atomic E-state index is 0.151. The van der Waals surface area contributed by atoms with Gasteiger partial charge >= 0.3 is 0 Å². The summed E-state index contributed by atoms with van der Waals surface area (Å²) in [6, 6.07) is 8.07. The van der Waals surface area contributed by atoms with Gasteiger partial charge in [0.05, 0.1) is 0 Å². The van der Waals surface area contributed by atoms with Crippen LogP contribution in [-0.4, -0.2) is 18.9 Å². The molecule has 1 aromatic carbocycles. The third kappa shape index (κ3) is 2.33. The highest BCUT2D eigenvalue weighted by Crippen LogP contribution is 2.28. The van der Waals surface area contributed by atoms with Crippen LogP contribution in [0.25, 0.3) is 0 Å². The first-order valence-electron chi connectivity index (χ1n) is 6.00. The van der Waals surface area contributed by atoms with Crippen molar-refractivity contribution < 1.29 is 4.79 Å². The highest BCUT2D eigenvalue weighted by molar-refractivity contribution is 5.94. The second-order valence-electron chi connectivity index (χ2n) is 4.72. The summed E-state index contributed by atoms with van der Waals surface area (Å²) in [4.78, 5) is 11.3. The molecule has 0 aliphatic carbocycles. The molecule has 0 amide bonds. The Hall–Kier alpha value is -1.15. The Balaban J connectivity index is 2.18. The van der Waals surface area contributed by atoms with Gasteiger partial charge in [-0.1, -0.05) is 25.1 Å².